The van der Waals surface area contributed by atoms with Crippen LogP contribution in [0, 0.1) is 5.82 Å². The summed E-state index contributed by atoms with van der Waals surface area (Å²) in [6, 6.07) is 11.0. The Hall–Kier alpha value is -2.65. The van der Waals surface area contributed by atoms with Crippen LogP contribution < -0.4 is 5.32 Å². The van der Waals surface area contributed by atoms with Gasteiger partial charge in [-0.25, -0.2) is 4.39 Å². The van der Waals surface area contributed by atoms with Gasteiger partial charge in [0.05, 0.1) is 17.0 Å². The van der Waals surface area contributed by atoms with Gasteiger partial charge in [0.1, 0.15) is 11.6 Å². The van der Waals surface area contributed by atoms with Gasteiger partial charge in [0.25, 0.3) is 0 Å². The Kier molecular flexibility index (Phi) is 6.48. The van der Waals surface area contributed by atoms with Crippen LogP contribution in [0.4, 0.5) is 10.1 Å². The molecule has 28 heavy (non-hydrogen) atoms. The predicted octanol–water partition coefficient (Wildman–Crippen LogP) is 4.47. The van der Waals surface area contributed by atoms with E-state index in [0.717, 1.165) is 16.2 Å². The van der Waals surface area contributed by atoms with E-state index in [1.165, 1.54) is 12.1 Å². The van der Waals surface area contributed by atoms with E-state index in [9.17, 15) is 14.3 Å². The second-order valence-corrected chi connectivity index (χ2v) is 7.54. The van der Waals surface area contributed by atoms with E-state index in [4.69, 9.17) is 0 Å². The number of rotatable bonds is 7. The number of allylic oxidation sites excluding steroid dienone is 1. The lowest BCUT2D eigenvalue weighted by Crippen LogP contribution is -2.15. The fourth-order valence-electron chi connectivity index (χ4n) is 2.45. The number of para-hydroxylation sites is 1. The summed E-state index contributed by atoms with van der Waals surface area (Å²) in [5, 5.41) is 21.5. The van der Waals surface area contributed by atoms with E-state index in [1.807, 2.05) is 0 Å². The minimum absolute atomic E-state index is 0.0219. The highest BCUT2D eigenvalue weighted by molar-refractivity contribution is 9.10. The first kappa shape index (κ1) is 20.1. The molecule has 144 valence electrons. The Bertz CT molecular complexity index is 1020. The molecule has 0 fully saturated rings. The first-order valence-corrected chi connectivity index (χ1v) is 9.97. The zero-order valence-corrected chi connectivity index (χ0v) is 17.0. The van der Waals surface area contributed by atoms with Crippen LogP contribution in [0.2, 0.25) is 0 Å². The molecule has 0 radical (unpaired) electrons. The molecule has 0 aliphatic heterocycles. The molecule has 3 rings (SSSR count). The molecule has 0 spiro atoms. The third-order valence-electron chi connectivity index (χ3n) is 3.71. The van der Waals surface area contributed by atoms with Gasteiger partial charge < -0.3 is 10.4 Å². The van der Waals surface area contributed by atoms with E-state index in [0.29, 0.717) is 23.1 Å². The molecular weight excluding hydrogens is 447 g/mol. The Labute approximate surface area is 173 Å². The van der Waals surface area contributed by atoms with Crippen LogP contribution in [0.15, 0.2) is 64.7 Å². The number of aromatic nitrogens is 3. The fraction of sp³-hybridized carbons (Fsp3) is 0.105. The maximum atomic E-state index is 13.7. The molecule has 0 aliphatic rings. The molecule has 0 unspecified atom stereocenters. The highest BCUT2D eigenvalue weighted by atomic mass is 79.9. The molecule has 2 N–H and O–H groups in total. The third-order valence-corrected chi connectivity index (χ3v) is 5.17. The second-order valence-electron chi connectivity index (χ2n) is 5.68. The Morgan fingerprint density at radius 3 is 2.86 bits per heavy atom. The van der Waals surface area contributed by atoms with E-state index in [1.54, 1.807) is 41.0 Å². The molecule has 9 heteroatoms. The lowest BCUT2D eigenvalue weighted by atomic mass is 10.2. The van der Waals surface area contributed by atoms with Crippen molar-refractivity contribution in [1.82, 2.24) is 14.8 Å². The Balaban J connectivity index is 1.78. The van der Waals surface area contributed by atoms with Crippen molar-refractivity contribution in [2.24, 2.45) is 0 Å². The normalized spacial score (nSPS) is 10.6. The van der Waals surface area contributed by atoms with Crippen LogP contribution in [-0.2, 0) is 11.3 Å². The number of carbonyl (C=O) groups excluding carboxylic acids is 1. The van der Waals surface area contributed by atoms with E-state index in [2.05, 4.69) is 38.0 Å². The van der Waals surface area contributed by atoms with Crippen LogP contribution in [0.3, 0.4) is 0 Å². The van der Waals surface area contributed by atoms with Gasteiger partial charge in [0.15, 0.2) is 11.0 Å². The average Bonchev–Trinajstić information content (AvgIpc) is 3.07. The van der Waals surface area contributed by atoms with Gasteiger partial charge in [-0.3, -0.25) is 9.36 Å². The first-order chi connectivity index (χ1) is 13.5. The molecule has 0 saturated carbocycles. The van der Waals surface area contributed by atoms with Crippen LogP contribution in [0.1, 0.15) is 0 Å². The number of phenols is 1. The lowest BCUT2D eigenvalue weighted by Gasteiger charge is -2.09. The van der Waals surface area contributed by atoms with Crippen LogP contribution in [0.5, 0.6) is 5.75 Å². The standard InChI is InChI=1S/C19H16BrFN4O2S/c1-2-9-25-18(13-10-12(20)7-8-16(13)26)23-24-19(25)28-11-17(27)22-15-6-4-3-5-14(15)21/h2-8,10,26H,1,9,11H2,(H,22,27). The van der Waals surface area contributed by atoms with Crippen molar-refractivity contribution < 1.29 is 14.3 Å². The minimum Gasteiger partial charge on any atom is -0.507 e. The van der Waals surface area contributed by atoms with Gasteiger partial charge in [-0.1, -0.05) is 45.9 Å². The molecule has 6 nitrogen and oxygen atoms in total. The van der Waals surface area contributed by atoms with E-state index < -0.39 is 5.82 Å². The fourth-order valence-corrected chi connectivity index (χ4v) is 3.56. The van der Waals surface area contributed by atoms with Gasteiger partial charge in [0, 0.05) is 11.0 Å². The predicted molar refractivity (Wildman–Crippen MR) is 111 cm³/mol. The molecule has 2 aromatic carbocycles. The molecule has 0 bridgehead atoms. The van der Waals surface area contributed by atoms with Crippen molar-refractivity contribution in [3.05, 3.63) is 65.4 Å². The molecule has 3 aromatic rings. The Morgan fingerprint density at radius 2 is 2.11 bits per heavy atom. The molecular formula is C19H16BrFN4O2S. The van der Waals surface area contributed by atoms with E-state index in [-0.39, 0.29) is 23.1 Å². The number of anilines is 1. The van der Waals surface area contributed by atoms with Gasteiger partial charge >= 0.3 is 0 Å². The number of benzene rings is 2. The van der Waals surface area contributed by atoms with Crippen molar-refractivity contribution in [3.8, 4) is 17.1 Å². The van der Waals surface area contributed by atoms with Crippen molar-refractivity contribution >= 4 is 39.3 Å². The van der Waals surface area contributed by atoms with Gasteiger partial charge in [-0.15, -0.1) is 16.8 Å². The minimum atomic E-state index is -0.497. The smallest absolute Gasteiger partial charge is 0.234 e. The number of halogens is 2. The summed E-state index contributed by atoms with van der Waals surface area (Å²) in [5.74, 6) is -0.322. The maximum Gasteiger partial charge on any atom is 0.234 e. The first-order valence-electron chi connectivity index (χ1n) is 8.19. The summed E-state index contributed by atoms with van der Waals surface area (Å²) >= 11 is 4.53. The van der Waals surface area contributed by atoms with Crippen molar-refractivity contribution in [2.75, 3.05) is 11.1 Å². The lowest BCUT2D eigenvalue weighted by molar-refractivity contribution is -0.113. The molecule has 1 heterocycles. The number of carbonyl (C=O) groups is 1. The molecule has 1 aromatic heterocycles. The van der Waals surface area contributed by atoms with Gasteiger partial charge in [-0.05, 0) is 30.3 Å². The number of thioether (sulfide) groups is 1. The van der Waals surface area contributed by atoms with Crippen molar-refractivity contribution in [3.63, 3.8) is 0 Å². The topological polar surface area (TPSA) is 80.0 Å². The highest BCUT2D eigenvalue weighted by Crippen LogP contribution is 2.32. The number of aromatic hydroxyl groups is 1. The summed E-state index contributed by atoms with van der Waals surface area (Å²) in [6.45, 7) is 4.13. The van der Waals surface area contributed by atoms with Crippen molar-refractivity contribution in [2.45, 2.75) is 11.7 Å². The molecule has 1 amide bonds. The maximum absolute atomic E-state index is 13.7. The van der Waals surface area contributed by atoms with Crippen LogP contribution >= 0.6 is 27.7 Å². The summed E-state index contributed by atoms with van der Waals surface area (Å²) in [7, 11) is 0. The third kappa shape index (κ3) is 4.60. The van der Waals surface area contributed by atoms with E-state index >= 15 is 0 Å². The summed E-state index contributed by atoms with van der Waals surface area (Å²) < 4.78 is 16.2. The number of phenolic OH excluding ortho intramolecular Hbond substituents is 1. The largest absolute Gasteiger partial charge is 0.507 e. The number of hydrogen-bond acceptors (Lipinski definition) is 5. The quantitative estimate of drug-likeness (QED) is 0.399. The second kappa shape index (κ2) is 9.03. The number of nitrogens with zero attached hydrogens (tertiary/aromatic N) is 3. The summed E-state index contributed by atoms with van der Waals surface area (Å²) in [4.78, 5) is 12.2. The molecule has 0 atom stereocenters. The average molecular weight is 463 g/mol. The highest BCUT2D eigenvalue weighted by Gasteiger charge is 2.18. The Morgan fingerprint density at radius 1 is 1.32 bits per heavy atom. The van der Waals surface area contributed by atoms with Crippen LogP contribution in [0.25, 0.3) is 11.4 Å². The van der Waals surface area contributed by atoms with Crippen LogP contribution in [-0.4, -0.2) is 31.5 Å². The van der Waals surface area contributed by atoms with Crippen molar-refractivity contribution in [1.29, 1.82) is 0 Å². The number of hydrogen-bond donors (Lipinski definition) is 2. The molecule has 0 saturated heterocycles. The summed E-state index contributed by atoms with van der Waals surface area (Å²) in [6.07, 6.45) is 1.67. The zero-order chi connectivity index (χ0) is 20.1. The molecule has 0 aliphatic carbocycles. The van der Waals surface area contributed by atoms with Gasteiger partial charge in [0.2, 0.25) is 5.91 Å². The van der Waals surface area contributed by atoms with Gasteiger partial charge in [-0.2, -0.15) is 0 Å². The zero-order valence-electron chi connectivity index (χ0n) is 14.6. The summed E-state index contributed by atoms with van der Waals surface area (Å²) in [5.41, 5.74) is 0.631. The SMILES string of the molecule is C=CCn1c(SCC(=O)Nc2ccccc2F)nnc1-c1cc(Br)ccc1O. The number of amides is 1. The number of nitrogens with one attached hydrogen (secondary N) is 1. The monoisotopic (exact) mass is 462 g/mol.